The molecule has 3 rings (SSSR count). The van der Waals surface area contributed by atoms with E-state index < -0.39 is 46.4 Å². The number of aryl methyl sites for hydroxylation is 1. The molecule has 0 aliphatic rings. The van der Waals surface area contributed by atoms with Crippen molar-refractivity contribution in [2.24, 2.45) is 0 Å². The van der Waals surface area contributed by atoms with E-state index in [0.29, 0.717) is 6.07 Å². The largest absolute Gasteiger partial charge is 0.462 e. The van der Waals surface area contributed by atoms with Crippen molar-refractivity contribution >= 4 is 46.1 Å². The van der Waals surface area contributed by atoms with Crippen molar-refractivity contribution in [2.75, 3.05) is 6.61 Å². The third kappa shape index (κ3) is 5.54. The van der Waals surface area contributed by atoms with Gasteiger partial charge in [0.15, 0.2) is 6.04 Å². The Balaban J connectivity index is 2.06. The summed E-state index contributed by atoms with van der Waals surface area (Å²) in [5.74, 6) is -2.03. The lowest BCUT2D eigenvalue weighted by Crippen LogP contribution is -2.39. The average molecular weight is 556 g/mol. The van der Waals surface area contributed by atoms with Gasteiger partial charge >= 0.3 is 18.3 Å². The Morgan fingerprint density at radius 1 is 1.08 bits per heavy atom. The van der Waals surface area contributed by atoms with Crippen molar-refractivity contribution in [3.8, 4) is 0 Å². The summed E-state index contributed by atoms with van der Waals surface area (Å²) in [6.45, 7) is 3.28. The second-order valence-electron chi connectivity index (χ2n) is 7.42. The second kappa shape index (κ2) is 10.2. The minimum atomic E-state index is -5.14. The number of nitrogens with one attached hydrogen (secondary N) is 1. The number of carbonyl (C=O) groups is 2. The zero-order valence-electron chi connectivity index (χ0n) is 18.5. The van der Waals surface area contributed by atoms with Gasteiger partial charge in [0.25, 0.3) is 5.91 Å². The molecule has 194 valence electrons. The lowest BCUT2D eigenvalue weighted by Gasteiger charge is -2.23. The van der Waals surface area contributed by atoms with E-state index in [-0.39, 0.29) is 46.7 Å². The number of hydrogen-bond donors (Lipinski definition) is 1. The number of carbonyl (C=O) groups excluding carboxylic acids is 2. The fourth-order valence-electron chi connectivity index (χ4n) is 3.52. The summed E-state index contributed by atoms with van der Waals surface area (Å²) in [4.78, 5) is 29.1. The van der Waals surface area contributed by atoms with E-state index in [0.717, 1.165) is 6.07 Å². The lowest BCUT2D eigenvalue weighted by molar-refractivity contribution is -0.156. The molecule has 0 saturated heterocycles. The first-order valence-electron chi connectivity index (χ1n) is 10.3. The molecule has 1 atom stereocenters. The Morgan fingerprint density at radius 3 is 2.31 bits per heavy atom. The van der Waals surface area contributed by atoms with Crippen molar-refractivity contribution in [2.45, 2.75) is 38.8 Å². The first-order chi connectivity index (χ1) is 16.7. The minimum absolute atomic E-state index is 0.0520. The molecule has 1 unspecified atom stereocenters. The molecule has 14 heteroatoms. The maximum Gasteiger partial charge on any atom is 0.417 e. The molecule has 0 aliphatic carbocycles. The van der Waals surface area contributed by atoms with Crippen LogP contribution >= 0.6 is 23.2 Å². The van der Waals surface area contributed by atoms with Gasteiger partial charge in [-0.15, -0.1) is 0 Å². The molecule has 0 fully saturated rings. The number of nitrogens with zero attached hydrogens (tertiary/aromatic N) is 2. The Hall–Kier alpha value is -2.99. The highest BCUT2D eigenvalue weighted by atomic mass is 35.5. The smallest absolute Gasteiger partial charge is 0.417 e. The van der Waals surface area contributed by atoms with Gasteiger partial charge < -0.3 is 14.6 Å². The van der Waals surface area contributed by atoms with Crippen LogP contribution < -0.4 is 5.32 Å². The predicted octanol–water partition coefficient (Wildman–Crippen LogP) is 6.59. The number of hydrogen-bond acceptors (Lipinski definition) is 4. The van der Waals surface area contributed by atoms with Crippen molar-refractivity contribution < 1.29 is 40.7 Å². The van der Waals surface area contributed by atoms with Crippen LogP contribution in [0.3, 0.4) is 0 Å². The minimum Gasteiger partial charge on any atom is -0.462 e. The number of esters is 1. The van der Waals surface area contributed by atoms with E-state index in [1.54, 1.807) is 19.2 Å². The second-order valence-corrected chi connectivity index (χ2v) is 8.18. The van der Waals surface area contributed by atoms with E-state index in [2.05, 4.69) is 4.98 Å². The van der Waals surface area contributed by atoms with Gasteiger partial charge in [-0.3, -0.25) is 4.79 Å². The standard InChI is InChI=1S/C22H17Cl2F6N3O3/c1-3-33-15(9-11-7-12(20(35)36-4-2)17(24)32-18(11)33)19(34)31-16(22(28,29)30)10-5-6-14(23)13(8-10)21(25,26)27/h5-9,16H,3-4H2,1-2H3,(H,31,34). The quantitative estimate of drug-likeness (QED) is 0.211. The normalized spacial score (nSPS) is 13.1. The van der Waals surface area contributed by atoms with E-state index in [1.165, 1.54) is 16.7 Å². The summed E-state index contributed by atoms with van der Waals surface area (Å²) < 4.78 is 87.3. The van der Waals surface area contributed by atoms with Gasteiger partial charge in [0.2, 0.25) is 0 Å². The van der Waals surface area contributed by atoms with Gasteiger partial charge in [0, 0.05) is 11.9 Å². The summed E-state index contributed by atoms with van der Waals surface area (Å²) in [5.41, 5.74) is -2.62. The number of alkyl halides is 6. The maximum atomic E-state index is 13.8. The van der Waals surface area contributed by atoms with Gasteiger partial charge in [-0.2, -0.15) is 26.3 Å². The van der Waals surface area contributed by atoms with Crippen molar-refractivity contribution in [1.82, 2.24) is 14.9 Å². The summed E-state index contributed by atoms with van der Waals surface area (Å²) in [6.07, 6.45) is -10.2. The number of aromatic nitrogens is 2. The van der Waals surface area contributed by atoms with Crippen LogP contribution in [0.2, 0.25) is 10.2 Å². The molecular formula is C22H17Cl2F6N3O3. The molecule has 2 aromatic heterocycles. The fraction of sp³-hybridized carbons (Fsp3) is 0.318. The zero-order valence-corrected chi connectivity index (χ0v) is 20.0. The van der Waals surface area contributed by atoms with E-state index in [9.17, 15) is 35.9 Å². The van der Waals surface area contributed by atoms with E-state index >= 15 is 0 Å². The molecule has 1 amide bonds. The van der Waals surface area contributed by atoms with E-state index in [1.807, 2.05) is 0 Å². The number of fused-ring (bicyclic) bond motifs is 1. The first-order valence-corrected chi connectivity index (χ1v) is 11.1. The molecule has 0 bridgehead atoms. The van der Waals surface area contributed by atoms with Crippen LogP contribution in [-0.4, -0.2) is 34.2 Å². The number of amides is 1. The Morgan fingerprint density at radius 2 is 1.75 bits per heavy atom. The van der Waals surface area contributed by atoms with Crippen LogP contribution in [0.25, 0.3) is 11.0 Å². The fourth-order valence-corrected chi connectivity index (χ4v) is 3.95. The summed E-state index contributed by atoms with van der Waals surface area (Å²) >= 11 is 11.6. The van der Waals surface area contributed by atoms with Crippen molar-refractivity contribution in [3.05, 3.63) is 62.9 Å². The molecule has 2 heterocycles. The van der Waals surface area contributed by atoms with Gasteiger partial charge in [-0.1, -0.05) is 29.3 Å². The Labute approximate surface area is 210 Å². The number of ether oxygens (including phenoxy) is 1. The van der Waals surface area contributed by atoms with Crippen molar-refractivity contribution in [1.29, 1.82) is 0 Å². The SMILES string of the molecule is CCOC(=O)c1cc2cc(C(=O)NC(c3ccc(Cl)c(C(F)(F)F)c3)C(F)(F)F)n(CC)c2nc1Cl. The van der Waals surface area contributed by atoms with Gasteiger partial charge in [0.05, 0.1) is 22.8 Å². The van der Waals surface area contributed by atoms with Crippen LogP contribution in [0.4, 0.5) is 26.3 Å². The number of benzene rings is 1. The third-order valence-electron chi connectivity index (χ3n) is 5.10. The topological polar surface area (TPSA) is 73.2 Å². The van der Waals surface area contributed by atoms with Crippen LogP contribution in [-0.2, 0) is 17.5 Å². The van der Waals surface area contributed by atoms with Crippen molar-refractivity contribution in [3.63, 3.8) is 0 Å². The number of halogens is 8. The molecule has 1 N–H and O–H groups in total. The summed E-state index contributed by atoms with van der Waals surface area (Å²) in [7, 11) is 0. The van der Waals surface area contributed by atoms with Crippen LogP contribution in [0, 0.1) is 0 Å². The van der Waals surface area contributed by atoms with Crippen LogP contribution in [0.5, 0.6) is 0 Å². The van der Waals surface area contributed by atoms with Crippen LogP contribution in [0.1, 0.15) is 51.9 Å². The molecule has 0 saturated carbocycles. The van der Waals surface area contributed by atoms with Crippen LogP contribution in [0.15, 0.2) is 30.3 Å². The molecule has 0 aliphatic heterocycles. The monoisotopic (exact) mass is 555 g/mol. The zero-order chi connectivity index (χ0) is 27.0. The number of pyridine rings is 1. The highest BCUT2D eigenvalue weighted by Gasteiger charge is 2.44. The number of rotatable bonds is 6. The molecule has 0 spiro atoms. The molecule has 36 heavy (non-hydrogen) atoms. The molecule has 6 nitrogen and oxygen atoms in total. The highest BCUT2D eigenvalue weighted by molar-refractivity contribution is 6.33. The third-order valence-corrected chi connectivity index (χ3v) is 5.72. The maximum absolute atomic E-state index is 13.8. The van der Waals surface area contributed by atoms with Gasteiger partial charge in [-0.05, 0) is 43.7 Å². The molecule has 1 aromatic carbocycles. The van der Waals surface area contributed by atoms with Gasteiger partial charge in [0.1, 0.15) is 16.5 Å². The average Bonchev–Trinajstić information content (AvgIpc) is 3.13. The molecule has 3 aromatic rings. The lowest BCUT2D eigenvalue weighted by atomic mass is 10.0. The van der Waals surface area contributed by atoms with Gasteiger partial charge in [-0.25, -0.2) is 9.78 Å². The molecule has 0 radical (unpaired) electrons. The Bertz CT molecular complexity index is 1320. The summed E-state index contributed by atoms with van der Waals surface area (Å²) in [6, 6.07) is 1.36. The highest BCUT2D eigenvalue weighted by Crippen LogP contribution is 2.39. The predicted molar refractivity (Wildman–Crippen MR) is 119 cm³/mol. The Kier molecular flexibility index (Phi) is 7.80. The molecular weight excluding hydrogens is 539 g/mol. The first kappa shape index (κ1) is 27.6. The van der Waals surface area contributed by atoms with E-state index in [4.69, 9.17) is 27.9 Å². The summed E-state index contributed by atoms with van der Waals surface area (Å²) in [5, 5.41) is 0.932.